The predicted molar refractivity (Wildman–Crippen MR) is 105 cm³/mol. The Kier molecular flexibility index (Phi) is 5.80. The van der Waals surface area contributed by atoms with Crippen LogP contribution in [0.2, 0.25) is 0 Å². The summed E-state index contributed by atoms with van der Waals surface area (Å²) in [5.41, 5.74) is 1.95. The van der Waals surface area contributed by atoms with E-state index in [1.807, 2.05) is 12.1 Å². The van der Waals surface area contributed by atoms with Crippen LogP contribution in [0.5, 0.6) is 11.5 Å². The lowest BCUT2D eigenvalue weighted by Gasteiger charge is -2.27. The zero-order chi connectivity index (χ0) is 19.2. The van der Waals surface area contributed by atoms with E-state index < -0.39 is 6.03 Å². The van der Waals surface area contributed by atoms with Crippen LogP contribution in [0, 0.1) is 0 Å². The SMILES string of the molecule is COc1cc(NC(=O)Nc2cccc(N3CCCCC3=O)c2)cc(OC)c1. The van der Waals surface area contributed by atoms with E-state index in [-0.39, 0.29) is 5.91 Å². The first-order valence-electron chi connectivity index (χ1n) is 8.80. The van der Waals surface area contributed by atoms with Gasteiger partial charge in [-0.2, -0.15) is 0 Å². The van der Waals surface area contributed by atoms with Crippen molar-refractivity contribution in [2.75, 3.05) is 36.3 Å². The fourth-order valence-corrected chi connectivity index (χ4v) is 3.00. The van der Waals surface area contributed by atoms with Crippen LogP contribution in [0.4, 0.5) is 21.9 Å². The normalized spacial score (nSPS) is 13.9. The molecule has 27 heavy (non-hydrogen) atoms. The Morgan fingerprint density at radius 2 is 1.67 bits per heavy atom. The number of anilines is 3. The number of benzene rings is 2. The second-order valence-corrected chi connectivity index (χ2v) is 6.23. The third-order valence-corrected chi connectivity index (χ3v) is 4.35. The Morgan fingerprint density at radius 3 is 2.33 bits per heavy atom. The van der Waals surface area contributed by atoms with Crippen LogP contribution in [0.15, 0.2) is 42.5 Å². The van der Waals surface area contributed by atoms with E-state index in [1.165, 1.54) is 0 Å². The molecule has 0 atom stereocenters. The van der Waals surface area contributed by atoms with Crippen molar-refractivity contribution in [3.05, 3.63) is 42.5 Å². The minimum Gasteiger partial charge on any atom is -0.497 e. The molecule has 7 heteroatoms. The highest BCUT2D eigenvalue weighted by Crippen LogP contribution is 2.27. The van der Waals surface area contributed by atoms with E-state index in [0.717, 1.165) is 18.5 Å². The molecule has 7 nitrogen and oxygen atoms in total. The molecule has 0 unspecified atom stereocenters. The summed E-state index contributed by atoms with van der Waals surface area (Å²) < 4.78 is 10.4. The molecule has 2 aromatic carbocycles. The maximum atomic E-state index is 12.3. The molecule has 0 aliphatic carbocycles. The van der Waals surface area contributed by atoms with Gasteiger partial charge in [-0.25, -0.2) is 4.79 Å². The predicted octanol–water partition coefficient (Wildman–Crippen LogP) is 3.86. The molecule has 1 heterocycles. The fraction of sp³-hybridized carbons (Fsp3) is 0.300. The lowest BCUT2D eigenvalue weighted by atomic mass is 10.1. The van der Waals surface area contributed by atoms with Gasteiger partial charge in [0.05, 0.1) is 14.2 Å². The van der Waals surface area contributed by atoms with Gasteiger partial charge in [0.1, 0.15) is 11.5 Å². The Labute approximate surface area is 158 Å². The van der Waals surface area contributed by atoms with E-state index in [2.05, 4.69) is 10.6 Å². The van der Waals surface area contributed by atoms with Gasteiger partial charge in [0.15, 0.2) is 0 Å². The number of nitrogens with zero attached hydrogens (tertiary/aromatic N) is 1. The molecule has 1 aliphatic rings. The number of amides is 3. The van der Waals surface area contributed by atoms with Crippen LogP contribution < -0.4 is 25.0 Å². The highest BCUT2D eigenvalue weighted by molar-refractivity contribution is 6.01. The highest BCUT2D eigenvalue weighted by atomic mass is 16.5. The number of ether oxygens (including phenoxy) is 2. The molecule has 2 N–H and O–H groups in total. The Bertz CT molecular complexity index is 815. The van der Waals surface area contributed by atoms with Crippen molar-refractivity contribution in [2.24, 2.45) is 0 Å². The van der Waals surface area contributed by atoms with Crippen LogP contribution in [0.25, 0.3) is 0 Å². The average molecular weight is 369 g/mol. The third kappa shape index (κ3) is 4.69. The highest BCUT2D eigenvalue weighted by Gasteiger charge is 2.19. The average Bonchev–Trinajstić information content (AvgIpc) is 2.68. The van der Waals surface area contributed by atoms with Gasteiger partial charge in [-0.15, -0.1) is 0 Å². The molecule has 0 aromatic heterocycles. The first-order chi connectivity index (χ1) is 13.1. The van der Waals surface area contributed by atoms with Crippen molar-refractivity contribution in [3.63, 3.8) is 0 Å². The van der Waals surface area contributed by atoms with Crippen LogP contribution in [0.1, 0.15) is 19.3 Å². The Morgan fingerprint density at radius 1 is 0.963 bits per heavy atom. The zero-order valence-corrected chi connectivity index (χ0v) is 15.5. The van der Waals surface area contributed by atoms with Crippen molar-refractivity contribution < 1.29 is 19.1 Å². The summed E-state index contributed by atoms with van der Waals surface area (Å²) in [5, 5.41) is 5.55. The summed E-state index contributed by atoms with van der Waals surface area (Å²) in [6.07, 6.45) is 2.48. The largest absolute Gasteiger partial charge is 0.497 e. The Balaban J connectivity index is 1.69. The molecule has 142 valence electrons. The van der Waals surface area contributed by atoms with Gasteiger partial charge in [0.25, 0.3) is 0 Å². The van der Waals surface area contributed by atoms with Crippen molar-refractivity contribution in [3.8, 4) is 11.5 Å². The number of hydrogen-bond donors (Lipinski definition) is 2. The smallest absolute Gasteiger partial charge is 0.323 e. The fourth-order valence-electron chi connectivity index (χ4n) is 3.00. The zero-order valence-electron chi connectivity index (χ0n) is 15.5. The molecular weight excluding hydrogens is 346 g/mol. The lowest BCUT2D eigenvalue weighted by molar-refractivity contribution is -0.119. The second-order valence-electron chi connectivity index (χ2n) is 6.23. The van der Waals surface area contributed by atoms with Crippen molar-refractivity contribution >= 4 is 29.0 Å². The maximum Gasteiger partial charge on any atom is 0.323 e. The molecule has 1 aliphatic heterocycles. The first kappa shape index (κ1) is 18.6. The summed E-state index contributed by atoms with van der Waals surface area (Å²) in [6.45, 7) is 0.706. The minimum absolute atomic E-state index is 0.117. The second kappa shape index (κ2) is 8.44. The van der Waals surface area contributed by atoms with Crippen molar-refractivity contribution in [1.82, 2.24) is 0 Å². The van der Waals surface area contributed by atoms with Gasteiger partial charge in [-0.3, -0.25) is 4.79 Å². The molecule has 2 aromatic rings. The molecule has 3 rings (SSSR count). The minimum atomic E-state index is -0.396. The molecule has 1 fully saturated rings. The number of nitrogens with one attached hydrogen (secondary N) is 2. The van der Waals surface area contributed by atoms with Gasteiger partial charge >= 0.3 is 6.03 Å². The van der Waals surface area contributed by atoms with E-state index in [0.29, 0.717) is 35.8 Å². The summed E-state index contributed by atoms with van der Waals surface area (Å²) in [6, 6.07) is 12.0. The number of carbonyl (C=O) groups is 2. The van der Waals surface area contributed by atoms with Gasteiger partial charge < -0.3 is 25.0 Å². The van der Waals surface area contributed by atoms with Crippen LogP contribution in [-0.2, 0) is 4.79 Å². The van der Waals surface area contributed by atoms with Gasteiger partial charge in [0, 0.05) is 48.2 Å². The standard InChI is InChI=1S/C20H23N3O4/c1-26-17-11-15(12-18(13-17)27-2)22-20(25)21-14-6-5-7-16(10-14)23-9-4-3-8-19(23)24/h5-7,10-13H,3-4,8-9H2,1-2H3,(H2,21,22,25). The van der Waals surface area contributed by atoms with Crippen molar-refractivity contribution in [2.45, 2.75) is 19.3 Å². The number of hydrogen-bond acceptors (Lipinski definition) is 4. The maximum absolute atomic E-state index is 12.3. The lowest BCUT2D eigenvalue weighted by Crippen LogP contribution is -2.35. The quantitative estimate of drug-likeness (QED) is 0.839. The van der Waals surface area contributed by atoms with Gasteiger partial charge in [0.2, 0.25) is 5.91 Å². The monoisotopic (exact) mass is 369 g/mol. The number of carbonyl (C=O) groups excluding carboxylic acids is 2. The Hall–Kier alpha value is -3.22. The third-order valence-electron chi connectivity index (χ3n) is 4.35. The molecule has 1 saturated heterocycles. The number of methoxy groups -OCH3 is 2. The molecule has 0 radical (unpaired) electrons. The van der Waals surface area contributed by atoms with Crippen LogP contribution >= 0.6 is 0 Å². The topological polar surface area (TPSA) is 79.9 Å². The van der Waals surface area contributed by atoms with Gasteiger partial charge in [-0.1, -0.05) is 6.07 Å². The van der Waals surface area contributed by atoms with Crippen molar-refractivity contribution in [1.29, 1.82) is 0 Å². The summed E-state index contributed by atoms with van der Waals surface area (Å²) in [4.78, 5) is 26.2. The number of piperidine rings is 1. The first-order valence-corrected chi connectivity index (χ1v) is 8.80. The number of urea groups is 1. The molecule has 0 saturated carbocycles. The molecule has 0 spiro atoms. The van der Waals surface area contributed by atoms with Crippen LogP contribution in [0.3, 0.4) is 0 Å². The van der Waals surface area contributed by atoms with E-state index >= 15 is 0 Å². The summed E-state index contributed by atoms with van der Waals surface area (Å²) in [5.74, 6) is 1.27. The number of rotatable bonds is 5. The molecule has 0 bridgehead atoms. The molecule has 3 amide bonds. The van der Waals surface area contributed by atoms with Crippen LogP contribution in [-0.4, -0.2) is 32.7 Å². The summed E-state index contributed by atoms with van der Waals surface area (Å²) in [7, 11) is 3.10. The van der Waals surface area contributed by atoms with E-state index in [9.17, 15) is 9.59 Å². The van der Waals surface area contributed by atoms with Gasteiger partial charge in [-0.05, 0) is 31.0 Å². The van der Waals surface area contributed by atoms with E-state index in [4.69, 9.17) is 9.47 Å². The molecular formula is C20H23N3O4. The van der Waals surface area contributed by atoms with E-state index in [1.54, 1.807) is 49.5 Å². The summed E-state index contributed by atoms with van der Waals surface area (Å²) >= 11 is 0.